The van der Waals surface area contributed by atoms with Gasteiger partial charge in [-0.2, -0.15) is 13.2 Å². The van der Waals surface area contributed by atoms with Gasteiger partial charge in [0.25, 0.3) is 0 Å². The smallest absolute Gasteiger partial charge is 0.404 e. The number of hydrogen-bond donors (Lipinski definition) is 1. The quantitative estimate of drug-likeness (QED) is 0.686. The van der Waals surface area contributed by atoms with E-state index in [1.165, 1.54) is 6.20 Å². The minimum Gasteiger partial charge on any atom is -0.404 e. The lowest BCUT2D eigenvalue weighted by atomic mass is 10.1. The third-order valence-corrected chi connectivity index (χ3v) is 1.37. The van der Waals surface area contributed by atoms with Crippen LogP contribution in [0.3, 0.4) is 0 Å². The lowest BCUT2D eigenvalue weighted by Crippen LogP contribution is -2.12. The SMILES string of the molecule is CC(C)C(C=NCC(F)(F)F)=CN. The average Bonchev–Trinajstić information content (AvgIpc) is 1.95. The van der Waals surface area contributed by atoms with Gasteiger partial charge in [-0.25, -0.2) is 0 Å². The zero-order valence-corrected chi connectivity index (χ0v) is 7.60. The molecule has 0 amide bonds. The van der Waals surface area contributed by atoms with E-state index in [9.17, 15) is 13.2 Å². The van der Waals surface area contributed by atoms with Gasteiger partial charge in [-0.05, 0) is 17.7 Å². The molecular formula is C8H13F3N2. The highest BCUT2D eigenvalue weighted by Gasteiger charge is 2.25. The molecule has 0 aromatic heterocycles. The third-order valence-electron chi connectivity index (χ3n) is 1.37. The number of alkyl halides is 3. The Kier molecular flexibility index (Phi) is 4.51. The molecule has 0 atom stereocenters. The summed E-state index contributed by atoms with van der Waals surface area (Å²) < 4.78 is 34.9. The molecule has 0 aromatic rings. The van der Waals surface area contributed by atoms with Gasteiger partial charge < -0.3 is 5.73 Å². The van der Waals surface area contributed by atoms with Crippen molar-refractivity contribution in [2.75, 3.05) is 6.54 Å². The molecule has 76 valence electrons. The summed E-state index contributed by atoms with van der Waals surface area (Å²) >= 11 is 0. The lowest BCUT2D eigenvalue weighted by molar-refractivity contribution is -0.118. The van der Waals surface area contributed by atoms with Crippen molar-refractivity contribution >= 4 is 6.21 Å². The van der Waals surface area contributed by atoms with E-state index in [4.69, 9.17) is 5.73 Å². The van der Waals surface area contributed by atoms with Crippen LogP contribution in [0.25, 0.3) is 0 Å². The standard InChI is InChI=1S/C8H13F3N2/c1-6(2)7(3-12)4-13-5-8(9,10)11/h3-4,6H,5,12H2,1-2H3. The number of nitrogens with zero attached hydrogens (tertiary/aromatic N) is 1. The first kappa shape index (κ1) is 12.0. The van der Waals surface area contributed by atoms with E-state index in [0.29, 0.717) is 5.57 Å². The predicted octanol–water partition coefficient (Wildman–Crippen LogP) is 2.12. The second kappa shape index (κ2) is 4.89. The molecule has 2 N–H and O–H groups in total. The average molecular weight is 194 g/mol. The zero-order chi connectivity index (χ0) is 10.5. The molecule has 0 saturated heterocycles. The molecule has 0 aliphatic rings. The molecule has 0 bridgehead atoms. The second-order valence-corrected chi connectivity index (χ2v) is 2.91. The van der Waals surface area contributed by atoms with Crippen LogP contribution in [-0.4, -0.2) is 18.9 Å². The molecule has 0 aliphatic carbocycles. The summed E-state index contributed by atoms with van der Waals surface area (Å²) in [6.07, 6.45) is -1.81. The van der Waals surface area contributed by atoms with E-state index in [1.54, 1.807) is 0 Å². The molecule has 5 heteroatoms. The summed E-state index contributed by atoms with van der Waals surface area (Å²) in [7, 11) is 0. The monoisotopic (exact) mass is 194 g/mol. The number of nitrogens with two attached hydrogens (primary N) is 1. The van der Waals surface area contributed by atoms with Crippen LogP contribution in [0.1, 0.15) is 13.8 Å². The molecular weight excluding hydrogens is 181 g/mol. The van der Waals surface area contributed by atoms with Crippen LogP contribution in [0.15, 0.2) is 16.8 Å². The van der Waals surface area contributed by atoms with E-state index >= 15 is 0 Å². The summed E-state index contributed by atoms with van der Waals surface area (Å²) in [5.74, 6) is 0.0852. The van der Waals surface area contributed by atoms with Crippen molar-refractivity contribution in [1.29, 1.82) is 0 Å². The van der Waals surface area contributed by atoms with Crippen LogP contribution in [0, 0.1) is 5.92 Å². The van der Waals surface area contributed by atoms with Gasteiger partial charge in [0.1, 0.15) is 6.54 Å². The van der Waals surface area contributed by atoms with Crippen molar-refractivity contribution in [3.63, 3.8) is 0 Å². The van der Waals surface area contributed by atoms with Gasteiger partial charge in [0.05, 0.1) is 0 Å². The topological polar surface area (TPSA) is 38.4 Å². The minimum atomic E-state index is -4.24. The predicted molar refractivity (Wildman–Crippen MR) is 46.5 cm³/mol. The maximum Gasteiger partial charge on any atom is 0.407 e. The fourth-order valence-corrected chi connectivity index (χ4v) is 0.639. The molecule has 0 fully saturated rings. The zero-order valence-electron chi connectivity index (χ0n) is 7.60. The molecule has 0 aromatic carbocycles. The number of allylic oxidation sites excluding steroid dienone is 1. The molecule has 0 unspecified atom stereocenters. The van der Waals surface area contributed by atoms with Gasteiger partial charge in [-0.1, -0.05) is 13.8 Å². The van der Waals surface area contributed by atoms with Gasteiger partial charge in [-0.15, -0.1) is 0 Å². The van der Waals surface area contributed by atoms with Crippen molar-refractivity contribution in [3.05, 3.63) is 11.8 Å². The number of aliphatic imine (C=N–C) groups is 1. The summed E-state index contributed by atoms with van der Waals surface area (Å²) in [5, 5.41) is 0. The Morgan fingerprint density at radius 2 is 2.00 bits per heavy atom. The van der Waals surface area contributed by atoms with E-state index in [2.05, 4.69) is 4.99 Å². The lowest BCUT2D eigenvalue weighted by Gasteiger charge is -2.04. The highest BCUT2D eigenvalue weighted by Crippen LogP contribution is 2.14. The van der Waals surface area contributed by atoms with Gasteiger partial charge in [0, 0.05) is 6.21 Å². The second-order valence-electron chi connectivity index (χ2n) is 2.91. The summed E-state index contributed by atoms with van der Waals surface area (Å²) in [6.45, 7) is 2.51. The van der Waals surface area contributed by atoms with Crippen LogP contribution < -0.4 is 5.73 Å². The van der Waals surface area contributed by atoms with Gasteiger partial charge >= 0.3 is 6.18 Å². The van der Waals surface area contributed by atoms with Gasteiger partial charge in [0.2, 0.25) is 0 Å². The third kappa shape index (κ3) is 6.19. The molecule has 2 nitrogen and oxygen atoms in total. The minimum absolute atomic E-state index is 0.0852. The van der Waals surface area contributed by atoms with E-state index in [0.717, 1.165) is 6.21 Å². The van der Waals surface area contributed by atoms with Crippen LogP contribution >= 0.6 is 0 Å². The van der Waals surface area contributed by atoms with Crippen molar-refractivity contribution in [2.45, 2.75) is 20.0 Å². The molecule has 0 heterocycles. The van der Waals surface area contributed by atoms with Gasteiger partial charge in [-0.3, -0.25) is 4.99 Å². The largest absolute Gasteiger partial charge is 0.407 e. The number of halogens is 3. The van der Waals surface area contributed by atoms with Crippen molar-refractivity contribution in [2.24, 2.45) is 16.6 Å². The first-order valence-corrected chi connectivity index (χ1v) is 3.85. The molecule has 0 spiro atoms. The molecule has 0 saturated carbocycles. The van der Waals surface area contributed by atoms with Crippen LogP contribution in [-0.2, 0) is 0 Å². The van der Waals surface area contributed by atoms with Crippen molar-refractivity contribution < 1.29 is 13.2 Å². The Balaban J connectivity index is 4.12. The molecule has 0 radical (unpaired) electrons. The Bertz CT molecular complexity index is 204. The highest BCUT2D eigenvalue weighted by atomic mass is 19.4. The molecule has 13 heavy (non-hydrogen) atoms. The van der Waals surface area contributed by atoms with E-state index in [1.807, 2.05) is 13.8 Å². The number of rotatable bonds is 3. The maximum atomic E-state index is 11.6. The Morgan fingerprint density at radius 3 is 2.31 bits per heavy atom. The Morgan fingerprint density at radius 1 is 1.46 bits per heavy atom. The normalized spacial score (nSPS) is 14.5. The Labute approximate surface area is 75.3 Å². The van der Waals surface area contributed by atoms with Crippen LogP contribution in [0.5, 0.6) is 0 Å². The fourth-order valence-electron chi connectivity index (χ4n) is 0.639. The van der Waals surface area contributed by atoms with Crippen molar-refractivity contribution in [3.8, 4) is 0 Å². The highest BCUT2D eigenvalue weighted by molar-refractivity contribution is 5.78. The first-order valence-electron chi connectivity index (χ1n) is 3.85. The Hall–Kier alpha value is -1.00. The summed E-state index contributed by atoms with van der Waals surface area (Å²) in [5.41, 5.74) is 5.79. The van der Waals surface area contributed by atoms with E-state index < -0.39 is 12.7 Å². The maximum absolute atomic E-state index is 11.6. The van der Waals surface area contributed by atoms with E-state index in [-0.39, 0.29) is 5.92 Å². The fraction of sp³-hybridized carbons (Fsp3) is 0.625. The molecule has 0 rings (SSSR count). The summed E-state index contributed by atoms with van der Waals surface area (Å²) in [6, 6.07) is 0. The van der Waals surface area contributed by atoms with Gasteiger partial charge in [0.15, 0.2) is 0 Å². The molecule has 0 aliphatic heterocycles. The first-order chi connectivity index (χ1) is 5.87. The van der Waals surface area contributed by atoms with Crippen LogP contribution in [0.2, 0.25) is 0 Å². The summed E-state index contributed by atoms with van der Waals surface area (Å²) in [4.78, 5) is 3.24. The number of hydrogen-bond acceptors (Lipinski definition) is 2. The van der Waals surface area contributed by atoms with Crippen LogP contribution in [0.4, 0.5) is 13.2 Å². The van der Waals surface area contributed by atoms with Crippen molar-refractivity contribution in [1.82, 2.24) is 0 Å².